The molecule has 116 valence electrons. The van der Waals surface area contributed by atoms with Crippen LogP contribution in [0.3, 0.4) is 0 Å². The number of carboxylic acid groups (broad SMARTS) is 1. The Hall–Kier alpha value is -1.71. The molecule has 0 amide bonds. The zero-order chi connectivity index (χ0) is 15.6. The van der Waals surface area contributed by atoms with Crippen molar-refractivity contribution in [3.05, 3.63) is 29.8 Å². The number of aliphatic hydroxyl groups excluding tert-OH is 4. The molecule has 1 aromatic carbocycles. The van der Waals surface area contributed by atoms with E-state index in [0.29, 0.717) is 5.69 Å². The first kappa shape index (κ1) is 15.7. The molecule has 21 heavy (non-hydrogen) atoms. The van der Waals surface area contributed by atoms with E-state index >= 15 is 0 Å². The first-order valence-corrected chi connectivity index (χ1v) is 6.32. The van der Waals surface area contributed by atoms with Crippen molar-refractivity contribution >= 4 is 11.7 Å². The number of carboxylic acids is 1. The van der Waals surface area contributed by atoms with Gasteiger partial charge < -0.3 is 40.4 Å². The number of benzene rings is 1. The first-order chi connectivity index (χ1) is 9.93. The number of carbonyl (C=O) groups excluding carboxylic acids is 1. The van der Waals surface area contributed by atoms with Gasteiger partial charge >= 0.3 is 0 Å². The van der Waals surface area contributed by atoms with Crippen LogP contribution in [-0.4, -0.2) is 63.6 Å². The quantitative estimate of drug-likeness (QED) is 0.403. The van der Waals surface area contributed by atoms with Crippen molar-refractivity contribution in [2.24, 2.45) is 0 Å². The Balaban J connectivity index is 2.14. The lowest BCUT2D eigenvalue weighted by Crippen LogP contribution is -2.60. The van der Waals surface area contributed by atoms with Crippen molar-refractivity contribution in [3.63, 3.8) is 0 Å². The number of aliphatic hydroxyl groups is 4. The average molecular weight is 298 g/mol. The van der Waals surface area contributed by atoms with Gasteiger partial charge in [0.2, 0.25) is 0 Å². The SMILES string of the molecule is O=C([O-])c1cccc(N[C@@H]2O[C@@H](CO)[C@H](O)[C@H](O)[C@@H]2O)c1. The average Bonchev–Trinajstić information content (AvgIpc) is 2.48. The zero-order valence-electron chi connectivity index (χ0n) is 10.9. The maximum atomic E-state index is 10.8. The normalized spacial score (nSPS) is 32.7. The summed E-state index contributed by atoms with van der Waals surface area (Å²) < 4.78 is 5.25. The van der Waals surface area contributed by atoms with E-state index in [0.717, 1.165) is 0 Å². The summed E-state index contributed by atoms with van der Waals surface area (Å²) in [6.07, 6.45) is -6.55. The van der Waals surface area contributed by atoms with Gasteiger partial charge in [0.25, 0.3) is 0 Å². The molecule has 1 fully saturated rings. The third kappa shape index (κ3) is 3.31. The maximum absolute atomic E-state index is 10.8. The predicted octanol–water partition coefficient (Wildman–Crippen LogP) is -2.74. The summed E-state index contributed by atoms with van der Waals surface area (Å²) in [5, 5.41) is 51.7. The van der Waals surface area contributed by atoms with E-state index in [4.69, 9.17) is 9.84 Å². The molecule has 0 radical (unpaired) electrons. The fraction of sp³-hybridized carbons (Fsp3) is 0.462. The molecule has 1 aliphatic heterocycles. The number of anilines is 1. The summed E-state index contributed by atoms with van der Waals surface area (Å²) in [5.74, 6) is -1.35. The molecule has 0 saturated carbocycles. The van der Waals surface area contributed by atoms with Crippen LogP contribution in [0.4, 0.5) is 5.69 Å². The third-order valence-corrected chi connectivity index (χ3v) is 3.30. The van der Waals surface area contributed by atoms with Gasteiger partial charge in [-0.05, 0) is 17.7 Å². The largest absolute Gasteiger partial charge is 0.545 e. The molecule has 0 aromatic heterocycles. The molecule has 1 saturated heterocycles. The highest BCUT2D eigenvalue weighted by atomic mass is 16.6. The number of hydrogen-bond acceptors (Lipinski definition) is 8. The van der Waals surface area contributed by atoms with Crippen LogP contribution in [0.5, 0.6) is 0 Å². The van der Waals surface area contributed by atoms with Crippen LogP contribution in [0.1, 0.15) is 10.4 Å². The van der Waals surface area contributed by atoms with Gasteiger partial charge in [0, 0.05) is 5.69 Å². The van der Waals surface area contributed by atoms with Crippen molar-refractivity contribution in [3.8, 4) is 0 Å². The molecule has 0 unspecified atom stereocenters. The second-order valence-electron chi connectivity index (χ2n) is 4.76. The lowest BCUT2D eigenvalue weighted by molar-refractivity contribution is -0.255. The summed E-state index contributed by atoms with van der Waals surface area (Å²) in [5.41, 5.74) is 0.255. The Bertz CT molecular complexity index is 507. The highest BCUT2D eigenvalue weighted by Crippen LogP contribution is 2.23. The molecule has 8 heteroatoms. The third-order valence-electron chi connectivity index (χ3n) is 3.30. The maximum Gasteiger partial charge on any atom is 0.157 e. The number of aromatic carboxylic acids is 1. The Kier molecular flexibility index (Phi) is 4.76. The van der Waals surface area contributed by atoms with Crippen LogP contribution in [0.2, 0.25) is 0 Å². The van der Waals surface area contributed by atoms with Crippen molar-refractivity contribution in [1.82, 2.24) is 0 Å². The summed E-state index contributed by atoms with van der Waals surface area (Å²) in [6, 6.07) is 5.62. The second kappa shape index (κ2) is 6.37. The second-order valence-corrected chi connectivity index (χ2v) is 4.76. The van der Waals surface area contributed by atoms with Crippen LogP contribution < -0.4 is 10.4 Å². The van der Waals surface area contributed by atoms with Crippen molar-refractivity contribution < 1.29 is 35.1 Å². The number of hydrogen-bond donors (Lipinski definition) is 5. The highest BCUT2D eigenvalue weighted by Gasteiger charge is 2.43. The Morgan fingerprint density at radius 1 is 1.24 bits per heavy atom. The topological polar surface area (TPSA) is 142 Å². The van der Waals surface area contributed by atoms with E-state index < -0.39 is 43.2 Å². The van der Waals surface area contributed by atoms with E-state index in [1.54, 1.807) is 0 Å². The smallest absolute Gasteiger partial charge is 0.157 e. The summed E-state index contributed by atoms with van der Waals surface area (Å²) in [7, 11) is 0. The van der Waals surface area contributed by atoms with Crippen LogP contribution in [-0.2, 0) is 4.74 Å². The first-order valence-electron chi connectivity index (χ1n) is 6.32. The van der Waals surface area contributed by atoms with Crippen molar-refractivity contribution in [2.75, 3.05) is 11.9 Å². The summed E-state index contributed by atoms with van der Waals surface area (Å²) >= 11 is 0. The van der Waals surface area contributed by atoms with E-state index in [1.165, 1.54) is 24.3 Å². The molecule has 1 aromatic rings. The Labute approximate surface area is 120 Å². The summed E-state index contributed by atoms with van der Waals surface area (Å²) in [6.45, 7) is -0.539. The van der Waals surface area contributed by atoms with Gasteiger partial charge in [-0.1, -0.05) is 12.1 Å². The fourth-order valence-electron chi connectivity index (χ4n) is 2.12. The monoisotopic (exact) mass is 298 g/mol. The van der Waals surface area contributed by atoms with E-state index in [1.807, 2.05) is 0 Å². The van der Waals surface area contributed by atoms with Gasteiger partial charge in [0.15, 0.2) is 6.23 Å². The van der Waals surface area contributed by atoms with E-state index in [-0.39, 0.29) is 5.56 Å². The zero-order valence-corrected chi connectivity index (χ0v) is 10.9. The molecule has 5 atom stereocenters. The minimum absolute atomic E-state index is 0.0652. The number of ether oxygens (including phenoxy) is 1. The van der Waals surface area contributed by atoms with E-state index in [2.05, 4.69) is 5.32 Å². The van der Waals surface area contributed by atoms with Gasteiger partial charge in [-0.25, -0.2) is 0 Å². The lowest BCUT2D eigenvalue weighted by atomic mass is 9.98. The van der Waals surface area contributed by atoms with Crippen LogP contribution in [0, 0.1) is 0 Å². The van der Waals surface area contributed by atoms with E-state index in [9.17, 15) is 25.2 Å². The molecule has 2 rings (SSSR count). The van der Waals surface area contributed by atoms with Gasteiger partial charge in [0.1, 0.15) is 24.4 Å². The lowest BCUT2D eigenvalue weighted by Gasteiger charge is -2.40. The molecular formula is C13H16NO7-. The Morgan fingerprint density at radius 3 is 2.57 bits per heavy atom. The van der Waals surface area contributed by atoms with Gasteiger partial charge in [0.05, 0.1) is 12.6 Å². The summed E-state index contributed by atoms with van der Waals surface area (Å²) in [4.78, 5) is 10.8. The molecule has 0 spiro atoms. The molecule has 5 N–H and O–H groups in total. The molecule has 1 aliphatic rings. The molecular weight excluding hydrogens is 282 g/mol. The van der Waals surface area contributed by atoms with Gasteiger partial charge in [-0.15, -0.1) is 0 Å². The van der Waals surface area contributed by atoms with Crippen LogP contribution in [0.15, 0.2) is 24.3 Å². The predicted molar refractivity (Wildman–Crippen MR) is 68.2 cm³/mol. The van der Waals surface area contributed by atoms with Crippen molar-refractivity contribution in [1.29, 1.82) is 0 Å². The molecule has 0 bridgehead atoms. The van der Waals surface area contributed by atoms with Gasteiger partial charge in [-0.3, -0.25) is 0 Å². The minimum atomic E-state index is -1.50. The number of rotatable bonds is 4. The molecule has 1 heterocycles. The number of nitrogens with one attached hydrogen (secondary N) is 1. The standard InChI is InChI=1S/C13H17NO7/c15-5-8-9(16)10(17)11(18)12(21-8)14-7-3-1-2-6(4-7)13(19)20/h1-4,8-12,14-18H,5H2,(H,19,20)/p-1/t8-,9-,10-,11-,12+/m0/s1. The Morgan fingerprint density at radius 2 is 1.95 bits per heavy atom. The highest BCUT2D eigenvalue weighted by molar-refractivity contribution is 5.87. The van der Waals surface area contributed by atoms with Crippen LogP contribution >= 0.6 is 0 Å². The fourth-order valence-corrected chi connectivity index (χ4v) is 2.12. The molecule has 0 aliphatic carbocycles. The molecule has 8 nitrogen and oxygen atoms in total. The van der Waals surface area contributed by atoms with Crippen LogP contribution in [0.25, 0.3) is 0 Å². The number of carbonyl (C=O) groups is 1. The van der Waals surface area contributed by atoms with Gasteiger partial charge in [-0.2, -0.15) is 0 Å². The van der Waals surface area contributed by atoms with Crippen molar-refractivity contribution in [2.45, 2.75) is 30.6 Å². The minimum Gasteiger partial charge on any atom is -0.545 e.